The molecule has 0 unspecified atom stereocenters. The van der Waals surface area contributed by atoms with E-state index in [2.05, 4.69) is 135 Å². The van der Waals surface area contributed by atoms with Crippen molar-refractivity contribution in [2.75, 3.05) is 23.7 Å². The predicted molar refractivity (Wildman–Crippen MR) is 189 cm³/mol. The first-order chi connectivity index (χ1) is 20.3. The van der Waals surface area contributed by atoms with Gasteiger partial charge in [0.05, 0.1) is 5.69 Å². The van der Waals surface area contributed by atoms with E-state index in [0.29, 0.717) is 35.5 Å². The van der Waals surface area contributed by atoms with Crippen LogP contribution in [0.3, 0.4) is 0 Å². The molecule has 0 fully saturated rings. The van der Waals surface area contributed by atoms with Crippen molar-refractivity contribution in [3.05, 3.63) is 87.2 Å². The average molecular weight is 715 g/mol. The topological polar surface area (TPSA) is 49.0 Å². The van der Waals surface area contributed by atoms with Gasteiger partial charge in [0.15, 0.2) is 0 Å². The molecule has 0 amide bonds. The molecule has 2 aromatic carbocycles. The minimum Gasteiger partial charge on any atom is -1.00 e. The van der Waals surface area contributed by atoms with Crippen molar-refractivity contribution >= 4 is 11.4 Å². The molecule has 0 aliphatic rings. The molecule has 1 radical (unpaired) electrons. The molecule has 0 atom stereocenters. The molecular weight excluding hydrogens is 654 g/mol. The Morgan fingerprint density at radius 2 is 0.957 bits per heavy atom. The third-order valence-electron chi connectivity index (χ3n) is 8.60. The summed E-state index contributed by atoms with van der Waals surface area (Å²) in [6, 6.07) is 13.9. The Balaban J connectivity index is 0.00000675. The van der Waals surface area contributed by atoms with E-state index >= 15 is 0 Å². The summed E-state index contributed by atoms with van der Waals surface area (Å²) in [5, 5.41) is 11.3. The molecule has 0 aliphatic heterocycles. The van der Waals surface area contributed by atoms with Crippen molar-refractivity contribution in [1.82, 2.24) is 10.3 Å². The molecule has 0 saturated heterocycles. The van der Waals surface area contributed by atoms with Crippen molar-refractivity contribution < 1.29 is 41.6 Å². The predicted octanol–water partition coefficient (Wildman–Crippen LogP) is 4.64. The van der Waals surface area contributed by atoms with Crippen LogP contribution in [-0.4, -0.2) is 18.1 Å². The molecule has 46 heavy (non-hydrogen) atoms. The van der Waals surface area contributed by atoms with Crippen LogP contribution in [0.2, 0.25) is 0 Å². The van der Waals surface area contributed by atoms with E-state index in [1.54, 1.807) is 0 Å². The summed E-state index contributed by atoms with van der Waals surface area (Å²) < 4.78 is 0. The summed E-state index contributed by atoms with van der Waals surface area (Å²) in [7, 11) is 0. The molecule has 7 heteroatoms. The summed E-state index contributed by atoms with van der Waals surface area (Å²) in [6.07, 6.45) is 1.91. The minimum atomic E-state index is 0. The van der Waals surface area contributed by atoms with Crippen LogP contribution in [0.25, 0.3) is 0 Å². The summed E-state index contributed by atoms with van der Waals surface area (Å²) in [5.41, 5.74) is 13.5. The van der Waals surface area contributed by atoms with Gasteiger partial charge in [-0.3, -0.25) is 4.98 Å². The Morgan fingerprint density at radius 3 is 1.35 bits per heavy atom. The van der Waals surface area contributed by atoms with Gasteiger partial charge in [-0.1, -0.05) is 113 Å². The van der Waals surface area contributed by atoms with Crippen molar-refractivity contribution in [1.29, 1.82) is 0 Å². The summed E-state index contributed by atoms with van der Waals surface area (Å²) >= 11 is 0. The van der Waals surface area contributed by atoms with Crippen molar-refractivity contribution in [3.63, 3.8) is 0 Å². The van der Waals surface area contributed by atoms with E-state index in [4.69, 9.17) is 4.98 Å². The van der Waals surface area contributed by atoms with Crippen molar-refractivity contribution in [2.45, 2.75) is 132 Å². The van der Waals surface area contributed by atoms with Crippen LogP contribution in [0.15, 0.2) is 42.6 Å². The average Bonchev–Trinajstić information content (AvgIpc) is 2.95. The second-order valence-corrected chi connectivity index (χ2v) is 14.1. The number of hydrogen-bond donors (Lipinski definition) is 3. The fourth-order valence-corrected chi connectivity index (χ4v) is 5.78. The van der Waals surface area contributed by atoms with Gasteiger partial charge in [-0.05, 0) is 80.5 Å². The van der Waals surface area contributed by atoms with E-state index in [1.165, 1.54) is 50.3 Å². The van der Waals surface area contributed by atoms with E-state index in [9.17, 15) is 0 Å². The zero-order valence-electron chi connectivity index (χ0n) is 30.4. The molecule has 3 rings (SSSR count). The number of pyridine rings is 1. The van der Waals surface area contributed by atoms with Crippen LogP contribution in [-0.2, 0) is 29.9 Å². The standard InChI is InChI=1S/C39H60N4.2ClH.Co/c1-24(2)31-18-33(26(5)6)38(34(19-31)27(7)8)42-17-16-40-23-37-30(14-13-15-41-37)22-43-39-35(28(9)10)20-32(25(3)4)21-36(39)29(11)12;;;/h13-15,18-21,24-29,40,42-43H,16-17,22-23H2,1-12H3;2*1H;/q;;;+2/p-2. The largest absolute Gasteiger partial charge is 2.00 e. The van der Waals surface area contributed by atoms with Crippen LogP contribution in [0, 0.1) is 0 Å². The van der Waals surface area contributed by atoms with Gasteiger partial charge in [-0.2, -0.15) is 0 Å². The van der Waals surface area contributed by atoms with Gasteiger partial charge in [-0.25, -0.2) is 0 Å². The number of rotatable bonds is 15. The quantitative estimate of drug-likeness (QED) is 0.201. The zero-order valence-corrected chi connectivity index (χ0v) is 32.9. The molecule has 3 aromatic rings. The number of halogens is 2. The Morgan fingerprint density at radius 1 is 0.543 bits per heavy atom. The van der Waals surface area contributed by atoms with Crippen LogP contribution in [0.1, 0.15) is 163 Å². The molecule has 4 nitrogen and oxygen atoms in total. The molecule has 1 heterocycles. The molecule has 0 saturated carbocycles. The Hall–Kier alpha value is -1.76. The number of aromatic nitrogens is 1. The van der Waals surface area contributed by atoms with Gasteiger partial charge in [-0.15, -0.1) is 0 Å². The van der Waals surface area contributed by atoms with Gasteiger partial charge in [0.1, 0.15) is 0 Å². The van der Waals surface area contributed by atoms with E-state index in [0.717, 1.165) is 31.9 Å². The number of hydrogen-bond acceptors (Lipinski definition) is 4. The van der Waals surface area contributed by atoms with E-state index < -0.39 is 0 Å². The first-order valence-corrected chi connectivity index (χ1v) is 16.8. The molecule has 0 bridgehead atoms. The molecule has 3 N–H and O–H groups in total. The normalized spacial score (nSPS) is 11.3. The van der Waals surface area contributed by atoms with Gasteiger partial charge < -0.3 is 40.8 Å². The zero-order chi connectivity index (χ0) is 31.8. The first kappa shape index (κ1) is 44.2. The van der Waals surface area contributed by atoms with Crippen LogP contribution in [0.4, 0.5) is 11.4 Å². The number of nitrogens with one attached hydrogen (secondary N) is 3. The van der Waals surface area contributed by atoms with Crippen molar-refractivity contribution in [3.8, 4) is 0 Å². The molecule has 259 valence electrons. The number of nitrogens with zero attached hydrogens (tertiary/aromatic N) is 1. The Labute approximate surface area is 304 Å². The molecular formula is C39H60Cl2CoN4. The first-order valence-electron chi connectivity index (χ1n) is 16.8. The summed E-state index contributed by atoms with van der Waals surface area (Å²) in [4.78, 5) is 4.78. The minimum absolute atomic E-state index is 0. The van der Waals surface area contributed by atoms with Gasteiger partial charge >= 0.3 is 16.8 Å². The number of anilines is 2. The smallest absolute Gasteiger partial charge is 1.00 e. The van der Waals surface area contributed by atoms with Crippen LogP contribution >= 0.6 is 0 Å². The molecule has 0 spiro atoms. The maximum absolute atomic E-state index is 4.78. The summed E-state index contributed by atoms with van der Waals surface area (Å²) in [6.45, 7) is 30.8. The second-order valence-electron chi connectivity index (χ2n) is 14.1. The van der Waals surface area contributed by atoms with Gasteiger partial charge in [0.25, 0.3) is 0 Å². The van der Waals surface area contributed by atoms with E-state index in [-0.39, 0.29) is 41.6 Å². The number of benzene rings is 2. The maximum atomic E-state index is 4.78. The monoisotopic (exact) mass is 713 g/mol. The maximum Gasteiger partial charge on any atom is 2.00 e. The van der Waals surface area contributed by atoms with Crippen LogP contribution in [0.5, 0.6) is 0 Å². The van der Waals surface area contributed by atoms with Crippen LogP contribution < -0.4 is 40.8 Å². The fraction of sp³-hybridized carbons (Fsp3) is 0.564. The van der Waals surface area contributed by atoms with Gasteiger partial charge in [0.2, 0.25) is 0 Å². The third kappa shape index (κ3) is 11.7. The van der Waals surface area contributed by atoms with Crippen molar-refractivity contribution in [2.24, 2.45) is 0 Å². The van der Waals surface area contributed by atoms with E-state index in [1.807, 2.05) is 6.20 Å². The second kappa shape index (κ2) is 20.6. The summed E-state index contributed by atoms with van der Waals surface area (Å²) in [5.74, 6) is 2.91. The Kier molecular flexibility index (Phi) is 19.8. The fourth-order valence-electron chi connectivity index (χ4n) is 5.78. The van der Waals surface area contributed by atoms with Gasteiger partial charge in [0, 0.05) is 43.8 Å². The Bertz CT molecular complexity index is 1280. The third-order valence-corrected chi connectivity index (χ3v) is 8.60. The molecule has 1 aromatic heterocycles. The SMILES string of the molecule is CC(C)c1cc(C(C)C)c(NCCNCc2ncccc2CNc2c(C(C)C)cc(C(C)C)cc2C(C)C)c(C(C)C)c1.[Cl-].[Cl-].[Co+2]. The molecule has 0 aliphatic carbocycles.